The molecule has 4 nitrogen and oxygen atoms in total. The molecule has 1 heterocycles. The minimum atomic E-state index is -0.960. The van der Waals surface area contributed by atoms with Crippen molar-refractivity contribution in [2.75, 3.05) is 20.1 Å². The fraction of sp³-hybridized carbons (Fsp3) is 0.875. The molecule has 1 saturated heterocycles. The van der Waals surface area contributed by atoms with Crippen LogP contribution in [0.25, 0.3) is 0 Å². The average Bonchev–Trinajstić information content (AvgIpc) is 1.94. The fourth-order valence-corrected chi connectivity index (χ4v) is 1.49. The molecular weight excluding hydrogens is 158 g/mol. The molecule has 0 saturated carbocycles. The van der Waals surface area contributed by atoms with Gasteiger partial charge < -0.3 is 15.1 Å². The zero-order valence-corrected chi connectivity index (χ0v) is 7.29. The molecule has 0 amide bonds. The van der Waals surface area contributed by atoms with Crippen LogP contribution in [-0.2, 0) is 4.79 Å². The molecule has 0 radical (unpaired) electrons. The average molecular weight is 173 g/mol. The number of hydrogen-bond donors (Lipinski definition) is 2. The van der Waals surface area contributed by atoms with E-state index in [0.29, 0.717) is 12.8 Å². The summed E-state index contributed by atoms with van der Waals surface area (Å²) in [5.41, 5.74) is -0.960. The molecule has 1 fully saturated rings. The molecule has 70 valence electrons. The second-order valence-electron chi connectivity index (χ2n) is 3.60. The molecular formula is C8H15NO3. The number of carboxylic acids is 1. The third-order valence-corrected chi connectivity index (χ3v) is 2.40. The van der Waals surface area contributed by atoms with Gasteiger partial charge in [-0.25, -0.2) is 0 Å². The molecule has 0 unspecified atom stereocenters. The van der Waals surface area contributed by atoms with Crippen LogP contribution in [0.2, 0.25) is 0 Å². The summed E-state index contributed by atoms with van der Waals surface area (Å²) in [6, 6.07) is 0. The minimum absolute atomic E-state index is 0.124. The zero-order chi connectivity index (χ0) is 9.19. The van der Waals surface area contributed by atoms with E-state index in [2.05, 4.69) is 4.90 Å². The van der Waals surface area contributed by atoms with E-state index < -0.39 is 11.6 Å². The van der Waals surface area contributed by atoms with E-state index in [-0.39, 0.29) is 6.42 Å². The van der Waals surface area contributed by atoms with Crippen LogP contribution >= 0.6 is 0 Å². The molecule has 1 aliphatic heterocycles. The summed E-state index contributed by atoms with van der Waals surface area (Å²) in [5, 5.41) is 18.3. The molecule has 12 heavy (non-hydrogen) atoms. The summed E-state index contributed by atoms with van der Waals surface area (Å²) < 4.78 is 0. The molecule has 0 aromatic carbocycles. The standard InChI is InChI=1S/C8H15NO3/c1-9-4-2-8(12,3-5-9)6-7(10)11/h12H,2-6H2,1H3,(H,10,11). The maximum absolute atomic E-state index is 10.4. The first-order valence-corrected chi connectivity index (χ1v) is 4.15. The summed E-state index contributed by atoms with van der Waals surface area (Å²) in [7, 11) is 1.97. The van der Waals surface area contributed by atoms with E-state index in [9.17, 15) is 9.90 Å². The first kappa shape index (κ1) is 9.48. The third-order valence-electron chi connectivity index (χ3n) is 2.40. The van der Waals surface area contributed by atoms with Crippen LogP contribution in [0.3, 0.4) is 0 Å². The zero-order valence-electron chi connectivity index (χ0n) is 7.29. The van der Waals surface area contributed by atoms with E-state index in [4.69, 9.17) is 5.11 Å². The van der Waals surface area contributed by atoms with E-state index in [0.717, 1.165) is 13.1 Å². The Labute approximate surface area is 71.8 Å². The van der Waals surface area contributed by atoms with Gasteiger partial charge in [-0.15, -0.1) is 0 Å². The van der Waals surface area contributed by atoms with Crippen LogP contribution in [0.5, 0.6) is 0 Å². The first-order chi connectivity index (χ1) is 5.52. The SMILES string of the molecule is CN1CCC(O)(CC(=O)O)CC1. The Balaban J connectivity index is 2.44. The van der Waals surface area contributed by atoms with Gasteiger partial charge in [-0.1, -0.05) is 0 Å². The van der Waals surface area contributed by atoms with E-state index in [1.807, 2.05) is 7.05 Å². The largest absolute Gasteiger partial charge is 0.481 e. The van der Waals surface area contributed by atoms with Crippen LogP contribution in [0.15, 0.2) is 0 Å². The fourth-order valence-electron chi connectivity index (χ4n) is 1.49. The third kappa shape index (κ3) is 2.46. The number of aliphatic hydroxyl groups is 1. The van der Waals surface area contributed by atoms with Crippen molar-refractivity contribution in [1.82, 2.24) is 4.90 Å². The number of carbonyl (C=O) groups is 1. The van der Waals surface area contributed by atoms with Crippen molar-refractivity contribution in [2.45, 2.75) is 24.9 Å². The Hall–Kier alpha value is -0.610. The summed E-state index contributed by atoms with van der Waals surface area (Å²) in [6.45, 7) is 1.56. The quantitative estimate of drug-likeness (QED) is 0.613. The van der Waals surface area contributed by atoms with Crippen molar-refractivity contribution in [1.29, 1.82) is 0 Å². The molecule has 2 N–H and O–H groups in total. The number of aliphatic carboxylic acids is 1. The summed E-state index contributed by atoms with van der Waals surface area (Å²) in [4.78, 5) is 12.5. The highest BCUT2D eigenvalue weighted by Crippen LogP contribution is 2.24. The van der Waals surface area contributed by atoms with Gasteiger partial charge in [0.15, 0.2) is 0 Å². The highest BCUT2D eigenvalue weighted by molar-refractivity contribution is 5.68. The van der Waals surface area contributed by atoms with Crippen molar-refractivity contribution in [3.05, 3.63) is 0 Å². The van der Waals surface area contributed by atoms with Gasteiger partial charge in [0.1, 0.15) is 0 Å². The number of nitrogens with zero attached hydrogens (tertiary/aromatic N) is 1. The molecule has 4 heteroatoms. The number of carboxylic acid groups (broad SMARTS) is 1. The number of piperidine rings is 1. The van der Waals surface area contributed by atoms with E-state index >= 15 is 0 Å². The molecule has 1 rings (SSSR count). The lowest BCUT2D eigenvalue weighted by Gasteiger charge is -2.35. The number of hydrogen-bond acceptors (Lipinski definition) is 3. The van der Waals surface area contributed by atoms with Gasteiger partial charge in [-0.2, -0.15) is 0 Å². The lowest BCUT2D eigenvalue weighted by molar-refractivity contribution is -0.144. The molecule has 0 aromatic rings. The molecule has 0 spiro atoms. The topological polar surface area (TPSA) is 60.8 Å². The lowest BCUT2D eigenvalue weighted by Crippen LogP contribution is -2.43. The van der Waals surface area contributed by atoms with Gasteiger partial charge in [-0.3, -0.25) is 4.79 Å². The maximum atomic E-state index is 10.4. The summed E-state index contributed by atoms with van der Waals surface area (Å²) in [6.07, 6.45) is 1.01. The Kier molecular flexibility index (Phi) is 2.69. The molecule has 0 aromatic heterocycles. The summed E-state index contributed by atoms with van der Waals surface area (Å²) in [5.74, 6) is -0.915. The maximum Gasteiger partial charge on any atom is 0.306 e. The first-order valence-electron chi connectivity index (χ1n) is 4.15. The number of rotatable bonds is 2. The normalized spacial score (nSPS) is 23.8. The van der Waals surface area contributed by atoms with Gasteiger partial charge in [0.05, 0.1) is 12.0 Å². The van der Waals surface area contributed by atoms with Crippen LogP contribution in [-0.4, -0.2) is 46.8 Å². The van der Waals surface area contributed by atoms with Crippen LogP contribution < -0.4 is 0 Å². The molecule has 0 bridgehead atoms. The van der Waals surface area contributed by atoms with Gasteiger partial charge in [0.25, 0.3) is 0 Å². The second-order valence-corrected chi connectivity index (χ2v) is 3.60. The molecule has 0 aliphatic carbocycles. The van der Waals surface area contributed by atoms with E-state index in [1.165, 1.54) is 0 Å². The monoisotopic (exact) mass is 173 g/mol. The van der Waals surface area contributed by atoms with Crippen molar-refractivity contribution in [3.8, 4) is 0 Å². The van der Waals surface area contributed by atoms with Gasteiger partial charge in [0.2, 0.25) is 0 Å². The molecule has 0 atom stereocenters. The second kappa shape index (κ2) is 3.41. The van der Waals surface area contributed by atoms with Crippen molar-refractivity contribution < 1.29 is 15.0 Å². The van der Waals surface area contributed by atoms with Crippen molar-refractivity contribution in [2.24, 2.45) is 0 Å². The predicted molar refractivity (Wildman–Crippen MR) is 43.9 cm³/mol. The Morgan fingerprint density at radius 2 is 2.00 bits per heavy atom. The van der Waals surface area contributed by atoms with Gasteiger partial charge in [-0.05, 0) is 19.9 Å². The van der Waals surface area contributed by atoms with Gasteiger partial charge >= 0.3 is 5.97 Å². The highest BCUT2D eigenvalue weighted by atomic mass is 16.4. The van der Waals surface area contributed by atoms with Crippen LogP contribution in [0.4, 0.5) is 0 Å². The Morgan fingerprint density at radius 3 is 2.42 bits per heavy atom. The lowest BCUT2D eigenvalue weighted by atomic mass is 9.88. The predicted octanol–water partition coefficient (Wildman–Crippen LogP) is -0.0822. The summed E-state index contributed by atoms with van der Waals surface area (Å²) >= 11 is 0. The van der Waals surface area contributed by atoms with Crippen LogP contribution in [0, 0.1) is 0 Å². The Bertz CT molecular complexity index is 173. The smallest absolute Gasteiger partial charge is 0.306 e. The molecule has 1 aliphatic rings. The van der Waals surface area contributed by atoms with Gasteiger partial charge in [0, 0.05) is 13.1 Å². The van der Waals surface area contributed by atoms with Crippen molar-refractivity contribution in [3.63, 3.8) is 0 Å². The van der Waals surface area contributed by atoms with Crippen LogP contribution in [0.1, 0.15) is 19.3 Å². The number of likely N-dealkylation sites (tertiary alicyclic amines) is 1. The Morgan fingerprint density at radius 1 is 1.50 bits per heavy atom. The highest BCUT2D eigenvalue weighted by Gasteiger charge is 2.33. The van der Waals surface area contributed by atoms with E-state index in [1.54, 1.807) is 0 Å². The minimum Gasteiger partial charge on any atom is -0.481 e. The van der Waals surface area contributed by atoms with Crippen molar-refractivity contribution >= 4 is 5.97 Å².